The minimum absolute atomic E-state index is 0. The second-order valence-electron chi connectivity index (χ2n) is 5.63. The molecule has 124 valence electrons. The quantitative estimate of drug-likeness (QED) is 0.248. The summed E-state index contributed by atoms with van der Waals surface area (Å²) in [5, 5.41) is 10.2. The van der Waals surface area contributed by atoms with Crippen molar-refractivity contribution in [1.82, 2.24) is 0 Å². The van der Waals surface area contributed by atoms with Gasteiger partial charge in [-0.25, -0.2) is 0 Å². The van der Waals surface area contributed by atoms with E-state index in [1.807, 2.05) is 0 Å². The molecule has 22 heavy (non-hydrogen) atoms. The molecule has 0 spiro atoms. The Morgan fingerprint density at radius 3 is 1.82 bits per heavy atom. The maximum atomic E-state index is 11.3. The third kappa shape index (κ3) is 19.9. The molecule has 0 aromatic carbocycles. The van der Waals surface area contributed by atoms with Crippen LogP contribution in [0, 0.1) is 0 Å². The van der Waals surface area contributed by atoms with Gasteiger partial charge in [-0.15, -0.1) is 0 Å². The average Bonchev–Trinajstić information content (AvgIpc) is 2.45. The summed E-state index contributed by atoms with van der Waals surface area (Å²) < 4.78 is 5.11. The number of carboxylic acids is 1. The van der Waals surface area contributed by atoms with Gasteiger partial charge in [0.05, 0.1) is 6.61 Å². The first-order chi connectivity index (χ1) is 10.2. The van der Waals surface area contributed by atoms with Crippen LogP contribution in [0.3, 0.4) is 0 Å². The Balaban J connectivity index is 0. The minimum atomic E-state index is -1.06. The van der Waals surface area contributed by atoms with Crippen LogP contribution >= 0.6 is 0 Å². The van der Waals surface area contributed by atoms with Gasteiger partial charge >= 0.3 is 35.5 Å². The first-order valence-electron chi connectivity index (χ1n) is 8.52. The molecule has 0 bridgehead atoms. The predicted octanol–water partition coefficient (Wildman–Crippen LogP) is 0.375. The molecule has 0 aliphatic carbocycles. The fraction of sp³-hybridized carbons (Fsp3) is 0.882. The van der Waals surface area contributed by atoms with Gasteiger partial charge in [-0.05, 0) is 25.7 Å². The summed E-state index contributed by atoms with van der Waals surface area (Å²) in [6.07, 6.45) is 12.6. The molecule has 0 saturated heterocycles. The second kappa shape index (κ2) is 19.0. The Morgan fingerprint density at radius 1 is 0.773 bits per heavy atom. The van der Waals surface area contributed by atoms with Gasteiger partial charge < -0.3 is 14.6 Å². The molecule has 0 fully saturated rings. The van der Waals surface area contributed by atoms with E-state index >= 15 is 0 Å². The number of esters is 1. The zero-order valence-corrected chi connectivity index (χ0v) is 16.5. The molecule has 0 atom stereocenters. The number of hydrogen-bond acceptors (Lipinski definition) is 4. The van der Waals surface area contributed by atoms with E-state index in [1.54, 1.807) is 0 Å². The van der Waals surface area contributed by atoms with E-state index in [1.165, 1.54) is 44.9 Å². The van der Waals surface area contributed by atoms with Crippen molar-refractivity contribution in [2.45, 2.75) is 90.4 Å². The molecule has 0 aliphatic heterocycles. The monoisotopic (exact) mass is 322 g/mol. The van der Waals surface area contributed by atoms with Gasteiger partial charge in [-0.3, -0.25) is 4.79 Å². The molecule has 0 aromatic heterocycles. The Labute approximate surface area is 157 Å². The van der Waals surface area contributed by atoms with Crippen LogP contribution in [-0.4, -0.2) is 18.5 Å². The van der Waals surface area contributed by atoms with Crippen molar-refractivity contribution in [2.24, 2.45) is 0 Å². The summed E-state index contributed by atoms with van der Waals surface area (Å²) in [5.74, 6) is -1.27. The van der Waals surface area contributed by atoms with Crippen LogP contribution < -0.4 is 34.7 Å². The molecule has 5 heteroatoms. The number of carbonyl (C=O) groups is 2. The SMILES string of the molecule is CCCCCCCCCCCOC(=O)CCCCC(=O)[O-].[Na+]. The third-order valence-electron chi connectivity index (χ3n) is 3.52. The van der Waals surface area contributed by atoms with Crippen LogP contribution in [0.5, 0.6) is 0 Å². The van der Waals surface area contributed by atoms with E-state index in [0.717, 1.165) is 12.8 Å². The predicted molar refractivity (Wildman–Crippen MR) is 81.7 cm³/mol. The van der Waals surface area contributed by atoms with Gasteiger partial charge in [-0.2, -0.15) is 0 Å². The summed E-state index contributed by atoms with van der Waals surface area (Å²) in [6, 6.07) is 0. The number of carbonyl (C=O) groups excluding carboxylic acids is 2. The van der Waals surface area contributed by atoms with E-state index in [2.05, 4.69) is 6.92 Å². The van der Waals surface area contributed by atoms with Crippen LogP contribution in [0.25, 0.3) is 0 Å². The molecule has 0 unspecified atom stereocenters. The second-order valence-corrected chi connectivity index (χ2v) is 5.63. The third-order valence-corrected chi connectivity index (χ3v) is 3.52. The molecular weight excluding hydrogens is 291 g/mol. The van der Waals surface area contributed by atoms with Crippen LogP contribution in [0.1, 0.15) is 90.4 Å². The summed E-state index contributed by atoms with van der Waals surface area (Å²) in [5.41, 5.74) is 0. The maximum Gasteiger partial charge on any atom is 1.00 e. The number of ether oxygens (including phenoxy) is 1. The van der Waals surface area contributed by atoms with E-state index in [0.29, 0.717) is 25.9 Å². The van der Waals surface area contributed by atoms with Gasteiger partial charge in [-0.1, -0.05) is 58.3 Å². The molecular formula is C17H31NaO4. The van der Waals surface area contributed by atoms with Crippen LogP contribution in [0.15, 0.2) is 0 Å². The Kier molecular flexibility index (Phi) is 20.9. The summed E-state index contributed by atoms with van der Waals surface area (Å²) >= 11 is 0. The first kappa shape index (κ1) is 24.2. The number of rotatable bonds is 15. The van der Waals surface area contributed by atoms with Crippen LogP contribution in [0.2, 0.25) is 0 Å². The normalized spacial score (nSPS) is 10.0. The van der Waals surface area contributed by atoms with Crippen molar-refractivity contribution in [1.29, 1.82) is 0 Å². The van der Waals surface area contributed by atoms with Crippen molar-refractivity contribution >= 4 is 11.9 Å². The number of aliphatic carboxylic acids is 1. The van der Waals surface area contributed by atoms with Crippen molar-refractivity contribution < 1.29 is 49.0 Å². The standard InChI is InChI=1S/C17H32O4.Na/c1-2-3-4-5-6-7-8-9-12-15-21-17(20)14-11-10-13-16(18)19;/h2-15H2,1H3,(H,18,19);/q;+1/p-1. The first-order valence-corrected chi connectivity index (χ1v) is 8.52. The van der Waals surface area contributed by atoms with E-state index in [9.17, 15) is 14.7 Å². The fourth-order valence-electron chi connectivity index (χ4n) is 2.21. The Hall–Kier alpha value is -0.0600. The zero-order valence-electron chi connectivity index (χ0n) is 14.5. The average molecular weight is 322 g/mol. The minimum Gasteiger partial charge on any atom is -0.550 e. The van der Waals surface area contributed by atoms with Crippen molar-refractivity contribution in [3.05, 3.63) is 0 Å². The molecule has 0 aromatic rings. The van der Waals surface area contributed by atoms with Crippen LogP contribution in [0.4, 0.5) is 0 Å². The Bertz CT molecular complexity index is 269. The molecule has 0 saturated carbocycles. The van der Waals surface area contributed by atoms with Crippen LogP contribution in [-0.2, 0) is 14.3 Å². The fourth-order valence-corrected chi connectivity index (χ4v) is 2.21. The molecule has 0 amide bonds. The van der Waals surface area contributed by atoms with Gasteiger partial charge in [0.25, 0.3) is 0 Å². The molecule has 0 N–H and O–H groups in total. The van der Waals surface area contributed by atoms with Crippen molar-refractivity contribution in [2.75, 3.05) is 6.61 Å². The largest absolute Gasteiger partial charge is 1.00 e. The molecule has 0 rings (SSSR count). The number of carboxylic acid groups (broad SMARTS) is 1. The van der Waals surface area contributed by atoms with Crippen molar-refractivity contribution in [3.63, 3.8) is 0 Å². The van der Waals surface area contributed by atoms with E-state index in [4.69, 9.17) is 4.74 Å². The van der Waals surface area contributed by atoms with Crippen molar-refractivity contribution in [3.8, 4) is 0 Å². The van der Waals surface area contributed by atoms with E-state index < -0.39 is 5.97 Å². The zero-order chi connectivity index (χ0) is 15.8. The van der Waals surface area contributed by atoms with Gasteiger partial charge in [0.15, 0.2) is 0 Å². The van der Waals surface area contributed by atoms with Gasteiger partial charge in [0.2, 0.25) is 0 Å². The van der Waals surface area contributed by atoms with E-state index in [-0.39, 0.29) is 41.9 Å². The summed E-state index contributed by atoms with van der Waals surface area (Å²) in [7, 11) is 0. The number of hydrogen-bond donors (Lipinski definition) is 0. The maximum absolute atomic E-state index is 11.3. The number of unbranched alkanes of at least 4 members (excludes halogenated alkanes) is 9. The molecule has 4 nitrogen and oxygen atoms in total. The van der Waals surface area contributed by atoms with Gasteiger partial charge in [0.1, 0.15) is 0 Å². The molecule has 0 aliphatic rings. The summed E-state index contributed by atoms with van der Waals surface area (Å²) in [4.78, 5) is 21.5. The topological polar surface area (TPSA) is 66.4 Å². The molecule has 0 radical (unpaired) electrons. The molecule has 0 heterocycles. The summed E-state index contributed by atoms with van der Waals surface area (Å²) in [6.45, 7) is 2.72. The Morgan fingerprint density at radius 2 is 1.27 bits per heavy atom. The smallest absolute Gasteiger partial charge is 0.550 e. The van der Waals surface area contributed by atoms with Gasteiger partial charge in [0, 0.05) is 12.4 Å².